The monoisotopic (exact) mass is 373 g/mol. The lowest BCUT2D eigenvalue weighted by molar-refractivity contribution is 0.603. The summed E-state index contributed by atoms with van der Waals surface area (Å²) in [6.45, 7) is 4.28. The molecule has 0 aliphatic carbocycles. The second-order valence-electron chi connectivity index (χ2n) is 5.84. The Bertz CT molecular complexity index is 935. The summed E-state index contributed by atoms with van der Waals surface area (Å²) in [5.41, 5.74) is 3.03. The van der Waals surface area contributed by atoms with E-state index in [-0.39, 0.29) is 10.0 Å². The summed E-state index contributed by atoms with van der Waals surface area (Å²) in [5, 5.41) is 5.06. The van der Waals surface area contributed by atoms with Crippen LogP contribution in [0.3, 0.4) is 0 Å². The van der Waals surface area contributed by atoms with Crippen LogP contribution in [0.25, 0.3) is 0 Å². The number of nitrogens with one attached hydrogen (secondary N) is 2. The molecule has 0 aliphatic rings. The number of hydrogen-bond acceptors (Lipinski definition) is 5. The van der Waals surface area contributed by atoms with E-state index in [1.807, 2.05) is 18.2 Å². The van der Waals surface area contributed by atoms with Crippen LogP contribution in [0, 0.1) is 0 Å². The summed E-state index contributed by atoms with van der Waals surface area (Å²) in [6, 6.07) is 14.8. The van der Waals surface area contributed by atoms with Gasteiger partial charge in [0.25, 0.3) is 10.0 Å². The first-order valence-electron chi connectivity index (χ1n) is 7.84. The van der Waals surface area contributed by atoms with Crippen molar-refractivity contribution in [2.75, 3.05) is 10.0 Å². The number of para-hydroxylation sites is 1. The van der Waals surface area contributed by atoms with Gasteiger partial charge in [-0.2, -0.15) is 0 Å². The number of thiophene rings is 1. The number of sulfonamides is 1. The van der Waals surface area contributed by atoms with E-state index in [2.05, 4.69) is 34.9 Å². The highest BCUT2D eigenvalue weighted by atomic mass is 32.2. The van der Waals surface area contributed by atoms with Crippen LogP contribution in [-0.2, 0) is 10.0 Å². The second-order valence-corrected chi connectivity index (χ2v) is 8.69. The summed E-state index contributed by atoms with van der Waals surface area (Å²) in [5.74, 6) is 0.685. The molecular formula is C18H19N3O2S2. The molecule has 7 heteroatoms. The first-order chi connectivity index (χ1) is 12.0. The van der Waals surface area contributed by atoms with Crippen molar-refractivity contribution in [1.29, 1.82) is 0 Å². The largest absolute Gasteiger partial charge is 0.354 e. The molecule has 25 heavy (non-hydrogen) atoms. The van der Waals surface area contributed by atoms with Crippen molar-refractivity contribution >= 4 is 38.6 Å². The van der Waals surface area contributed by atoms with Crippen molar-refractivity contribution in [3.8, 4) is 0 Å². The number of pyridine rings is 1. The molecule has 3 aromatic rings. The number of aromatic nitrogens is 1. The zero-order chi connectivity index (χ0) is 17.9. The molecule has 0 fully saturated rings. The van der Waals surface area contributed by atoms with E-state index >= 15 is 0 Å². The highest BCUT2D eigenvalue weighted by Gasteiger charge is 2.15. The Balaban J connectivity index is 1.75. The van der Waals surface area contributed by atoms with E-state index in [0.717, 1.165) is 11.4 Å². The third kappa shape index (κ3) is 4.18. The van der Waals surface area contributed by atoms with Crippen LogP contribution < -0.4 is 10.0 Å². The molecule has 3 rings (SSSR count). The van der Waals surface area contributed by atoms with Gasteiger partial charge in [0.15, 0.2) is 0 Å². The van der Waals surface area contributed by atoms with Gasteiger partial charge in [-0.15, -0.1) is 11.3 Å². The molecule has 0 unspecified atom stereocenters. The molecule has 0 spiro atoms. The zero-order valence-electron chi connectivity index (χ0n) is 13.9. The molecule has 2 N–H and O–H groups in total. The fraction of sp³-hybridized carbons (Fsp3) is 0.167. The van der Waals surface area contributed by atoms with Gasteiger partial charge in [0.2, 0.25) is 0 Å². The molecule has 0 amide bonds. The van der Waals surface area contributed by atoms with Crippen LogP contribution in [0.15, 0.2) is 64.3 Å². The fourth-order valence-electron chi connectivity index (χ4n) is 2.40. The number of benzene rings is 1. The predicted octanol–water partition coefficient (Wildman–Crippen LogP) is 4.81. The van der Waals surface area contributed by atoms with Gasteiger partial charge < -0.3 is 5.32 Å². The molecule has 130 valence electrons. The van der Waals surface area contributed by atoms with E-state index in [4.69, 9.17) is 0 Å². The highest BCUT2D eigenvalue weighted by Crippen LogP contribution is 2.27. The van der Waals surface area contributed by atoms with Crippen molar-refractivity contribution in [3.05, 3.63) is 65.7 Å². The van der Waals surface area contributed by atoms with Crippen LogP contribution in [0.4, 0.5) is 17.2 Å². The van der Waals surface area contributed by atoms with Gasteiger partial charge in [0, 0.05) is 5.69 Å². The minimum absolute atomic E-state index is 0.266. The Labute approximate surface area is 151 Å². The van der Waals surface area contributed by atoms with Gasteiger partial charge >= 0.3 is 0 Å². The molecule has 0 bridgehead atoms. The van der Waals surface area contributed by atoms with Gasteiger partial charge in [0.1, 0.15) is 10.0 Å². The van der Waals surface area contributed by atoms with Crippen LogP contribution >= 0.6 is 11.3 Å². The first-order valence-corrected chi connectivity index (χ1v) is 10.2. The third-order valence-electron chi connectivity index (χ3n) is 3.62. The fourth-order valence-corrected chi connectivity index (χ4v) is 4.40. The van der Waals surface area contributed by atoms with Crippen molar-refractivity contribution in [1.82, 2.24) is 4.98 Å². The smallest absolute Gasteiger partial charge is 0.272 e. The second kappa shape index (κ2) is 7.25. The minimum Gasteiger partial charge on any atom is -0.354 e. The molecule has 0 radical (unpaired) electrons. The van der Waals surface area contributed by atoms with Crippen molar-refractivity contribution in [2.45, 2.75) is 24.0 Å². The Morgan fingerprint density at radius 3 is 2.48 bits per heavy atom. The van der Waals surface area contributed by atoms with Crippen LogP contribution in [-0.4, -0.2) is 13.4 Å². The molecule has 2 aromatic heterocycles. The minimum atomic E-state index is -3.57. The lowest BCUT2D eigenvalue weighted by Crippen LogP contribution is -2.12. The van der Waals surface area contributed by atoms with Crippen LogP contribution in [0.1, 0.15) is 25.3 Å². The van der Waals surface area contributed by atoms with E-state index in [1.54, 1.807) is 35.8 Å². The zero-order valence-corrected chi connectivity index (χ0v) is 15.6. The van der Waals surface area contributed by atoms with E-state index < -0.39 is 10.0 Å². The molecular weight excluding hydrogens is 354 g/mol. The average molecular weight is 374 g/mol. The van der Waals surface area contributed by atoms with E-state index in [0.29, 0.717) is 5.92 Å². The Hall–Kier alpha value is -2.38. The maximum atomic E-state index is 12.2. The standard InChI is InChI=1S/C18H19N3O2S2/c1-13(2)15-6-3-4-7-16(15)20-14-9-10-17(19-12-14)21-25(22,23)18-8-5-11-24-18/h3-13,20H,1-2H3,(H,19,21). The van der Waals surface area contributed by atoms with Gasteiger partial charge in [-0.3, -0.25) is 4.72 Å². The number of nitrogens with zero attached hydrogens (tertiary/aromatic N) is 1. The molecule has 2 heterocycles. The van der Waals surface area contributed by atoms with Gasteiger partial charge in [0.05, 0.1) is 11.9 Å². The van der Waals surface area contributed by atoms with Crippen molar-refractivity contribution in [2.24, 2.45) is 0 Å². The number of anilines is 3. The average Bonchev–Trinajstić information content (AvgIpc) is 3.12. The molecule has 5 nitrogen and oxygen atoms in total. The summed E-state index contributed by atoms with van der Waals surface area (Å²) in [4.78, 5) is 4.20. The third-order valence-corrected chi connectivity index (χ3v) is 6.38. The summed E-state index contributed by atoms with van der Waals surface area (Å²) in [7, 11) is -3.57. The molecule has 0 aliphatic heterocycles. The topological polar surface area (TPSA) is 71.1 Å². The maximum absolute atomic E-state index is 12.2. The SMILES string of the molecule is CC(C)c1ccccc1Nc1ccc(NS(=O)(=O)c2cccs2)nc1. The highest BCUT2D eigenvalue weighted by molar-refractivity contribution is 7.94. The molecule has 0 saturated carbocycles. The first kappa shape index (κ1) is 17.4. The van der Waals surface area contributed by atoms with E-state index in [9.17, 15) is 8.42 Å². The number of hydrogen-bond donors (Lipinski definition) is 2. The summed E-state index contributed by atoms with van der Waals surface area (Å²) >= 11 is 1.17. The number of rotatable bonds is 6. The molecule has 1 aromatic carbocycles. The Morgan fingerprint density at radius 2 is 1.84 bits per heavy atom. The summed E-state index contributed by atoms with van der Waals surface area (Å²) < 4.78 is 27.2. The quantitative estimate of drug-likeness (QED) is 0.650. The summed E-state index contributed by atoms with van der Waals surface area (Å²) in [6.07, 6.45) is 1.61. The predicted molar refractivity (Wildman–Crippen MR) is 103 cm³/mol. The lowest BCUT2D eigenvalue weighted by Gasteiger charge is -2.14. The molecule has 0 atom stereocenters. The Kier molecular flexibility index (Phi) is 5.06. The molecule has 0 saturated heterocycles. The van der Waals surface area contributed by atoms with Gasteiger partial charge in [-0.05, 0) is 41.1 Å². The Morgan fingerprint density at radius 1 is 1.04 bits per heavy atom. The van der Waals surface area contributed by atoms with Crippen molar-refractivity contribution < 1.29 is 8.42 Å². The van der Waals surface area contributed by atoms with E-state index in [1.165, 1.54) is 16.9 Å². The van der Waals surface area contributed by atoms with Crippen LogP contribution in [0.5, 0.6) is 0 Å². The van der Waals surface area contributed by atoms with Crippen molar-refractivity contribution in [3.63, 3.8) is 0 Å². The maximum Gasteiger partial charge on any atom is 0.272 e. The normalized spacial score (nSPS) is 11.5. The van der Waals surface area contributed by atoms with Gasteiger partial charge in [-0.1, -0.05) is 38.1 Å². The van der Waals surface area contributed by atoms with Gasteiger partial charge in [-0.25, -0.2) is 13.4 Å². The van der Waals surface area contributed by atoms with Crippen LogP contribution in [0.2, 0.25) is 0 Å². The lowest BCUT2D eigenvalue weighted by atomic mass is 10.0.